The molecule has 0 saturated carbocycles. The molecule has 1 saturated heterocycles. The highest BCUT2D eigenvalue weighted by molar-refractivity contribution is 6.32. The van der Waals surface area contributed by atoms with Crippen molar-refractivity contribution < 1.29 is 28.3 Å². The summed E-state index contributed by atoms with van der Waals surface area (Å²) in [5, 5.41) is 0.289. The van der Waals surface area contributed by atoms with Crippen LogP contribution in [0.25, 0.3) is 0 Å². The Morgan fingerprint density at radius 2 is 1.70 bits per heavy atom. The molecule has 33 heavy (non-hydrogen) atoms. The number of esters is 1. The molecular formula is C24H22ClFN2O5. The molecule has 3 amide bonds. The second-order valence-electron chi connectivity index (χ2n) is 9.13. The van der Waals surface area contributed by atoms with E-state index in [0.717, 1.165) is 4.90 Å². The Kier molecular flexibility index (Phi) is 5.52. The molecule has 0 radical (unpaired) electrons. The van der Waals surface area contributed by atoms with Crippen LogP contribution in [0.2, 0.25) is 5.02 Å². The van der Waals surface area contributed by atoms with Gasteiger partial charge >= 0.3 is 5.97 Å². The number of rotatable bonds is 4. The summed E-state index contributed by atoms with van der Waals surface area (Å²) >= 11 is 6.17. The van der Waals surface area contributed by atoms with Crippen molar-refractivity contribution in [3.05, 3.63) is 64.4 Å². The number of fused-ring (bicyclic) bond motifs is 2. The number of hydrogen-bond acceptors (Lipinski definition) is 5. The number of halogens is 2. The van der Waals surface area contributed by atoms with Crippen LogP contribution in [0, 0.1) is 5.82 Å². The third kappa shape index (κ3) is 3.99. The molecule has 0 aromatic heterocycles. The number of ether oxygens (including phenoxy) is 1. The molecule has 2 heterocycles. The first-order chi connectivity index (χ1) is 15.4. The van der Waals surface area contributed by atoms with Gasteiger partial charge in [-0.25, -0.2) is 4.39 Å². The Morgan fingerprint density at radius 1 is 1.06 bits per heavy atom. The minimum atomic E-state index is -1.81. The lowest BCUT2D eigenvalue weighted by Gasteiger charge is -2.24. The Morgan fingerprint density at radius 3 is 2.33 bits per heavy atom. The van der Waals surface area contributed by atoms with E-state index >= 15 is 0 Å². The first-order valence-electron chi connectivity index (χ1n) is 10.4. The lowest BCUT2D eigenvalue weighted by atomic mass is 9.80. The Hall–Kier alpha value is -3.26. The predicted octanol–water partition coefficient (Wildman–Crippen LogP) is 3.36. The van der Waals surface area contributed by atoms with E-state index in [1.807, 2.05) is 0 Å². The minimum absolute atomic E-state index is 0.102. The lowest BCUT2D eigenvalue weighted by molar-refractivity contribution is -0.154. The summed E-state index contributed by atoms with van der Waals surface area (Å²) in [6.07, 6.45) is -0.385. The molecule has 172 valence electrons. The SMILES string of the molecule is CC(C)(C)OC(=O)CN1C(=O)C2(CC(=O)N(Cc3ccc(F)cc3)C2=O)c2cc(Cl)ccc21. The van der Waals surface area contributed by atoms with Gasteiger partial charge in [-0.05, 0) is 56.7 Å². The van der Waals surface area contributed by atoms with Gasteiger partial charge in [0.15, 0.2) is 5.41 Å². The van der Waals surface area contributed by atoms with Gasteiger partial charge in [0.2, 0.25) is 17.7 Å². The fourth-order valence-electron chi connectivity index (χ4n) is 4.25. The molecule has 1 spiro atoms. The van der Waals surface area contributed by atoms with Crippen molar-refractivity contribution in [2.75, 3.05) is 11.4 Å². The molecule has 2 aliphatic rings. The van der Waals surface area contributed by atoms with Gasteiger partial charge in [0, 0.05) is 16.3 Å². The molecule has 4 rings (SSSR count). The van der Waals surface area contributed by atoms with Gasteiger partial charge in [0.25, 0.3) is 0 Å². The van der Waals surface area contributed by atoms with Crippen LogP contribution in [-0.2, 0) is 35.9 Å². The summed E-state index contributed by atoms with van der Waals surface area (Å²) in [5.41, 5.74) is -1.41. The van der Waals surface area contributed by atoms with Gasteiger partial charge in [-0.1, -0.05) is 23.7 Å². The van der Waals surface area contributed by atoms with Crippen LogP contribution in [0.5, 0.6) is 0 Å². The molecule has 1 fully saturated rings. The van der Waals surface area contributed by atoms with Crippen molar-refractivity contribution in [1.29, 1.82) is 0 Å². The first-order valence-corrected chi connectivity index (χ1v) is 10.7. The van der Waals surface area contributed by atoms with E-state index in [1.54, 1.807) is 32.9 Å². The largest absolute Gasteiger partial charge is 0.459 e. The van der Waals surface area contributed by atoms with Crippen molar-refractivity contribution in [3.63, 3.8) is 0 Å². The highest BCUT2D eigenvalue weighted by Gasteiger charge is 2.64. The van der Waals surface area contributed by atoms with E-state index in [1.165, 1.54) is 35.2 Å². The van der Waals surface area contributed by atoms with Gasteiger partial charge in [-0.15, -0.1) is 0 Å². The van der Waals surface area contributed by atoms with Crippen molar-refractivity contribution in [2.45, 2.75) is 44.8 Å². The van der Waals surface area contributed by atoms with E-state index in [-0.39, 0.29) is 23.6 Å². The van der Waals surface area contributed by atoms with Crippen LogP contribution >= 0.6 is 11.6 Å². The second kappa shape index (κ2) is 7.95. The molecule has 1 unspecified atom stereocenters. The number of carbonyl (C=O) groups is 4. The van der Waals surface area contributed by atoms with E-state index in [4.69, 9.17) is 16.3 Å². The Labute approximate surface area is 195 Å². The zero-order valence-electron chi connectivity index (χ0n) is 18.4. The molecule has 0 bridgehead atoms. The van der Waals surface area contributed by atoms with Gasteiger partial charge < -0.3 is 4.74 Å². The smallest absolute Gasteiger partial charge is 0.326 e. The molecule has 0 N–H and O–H groups in total. The van der Waals surface area contributed by atoms with E-state index in [2.05, 4.69) is 0 Å². The number of nitrogens with zero attached hydrogens (tertiary/aromatic N) is 2. The monoisotopic (exact) mass is 472 g/mol. The van der Waals surface area contributed by atoms with Crippen LogP contribution in [0.1, 0.15) is 38.3 Å². The average Bonchev–Trinajstić information content (AvgIpc) is 3.09. The maximum atomic E-state index is 13.6. The van der Waals surface area contributed by atoms with Crippen LogP contribution in [0.3, 0.4) is 0 Å². The van der Waals surface area contributed by atoms with Crippen molar-refractivity contribution >= 4 is 41.0 Å². The molecule has 2 aliphatic heterocycles. The van der Waals surface area contributed by atoms with Gasteiger partial charge in [0.1, 0.15) is 18.0 Å². The number of likely N-dealkylation sites (tertiary alicyclic amines) is 1. The maximum absolute atomic E-state index is 13.6. The zero-order valence-corrected chi connectivity index (χ0v) is 19.1. The number of benzene rings is 2. The first kappa shape index (κ1) is 22.9. The van der Waals surface area contributed by atoms with Gasteiger partial charge in [-0.3, -0.25) is 29.0 Å². The van der Waals surface area contributed by atoms with E-state index < -0.39 is 47.1 Å². The third-order valence-electron chi connectivity index (χ3n) is 5.61. The molecule has 0 aliphatic carbocycles. The summed E-state index contributed by atoms with van der Waals surface area (Å²) in [6.45, 7) is 4.61. The summed E-state index contributed by atoms with van der Waals surface area (Å²) < 4.78 is 18.6. The van der Waals surface area contributed by atoms with Crippen LogP contribution in [0.4, 0.5) is 10.1 Å². The highest BCUT2D eigenvalue weighted by Crippen LogP contribution is 2.49. The molecular weight excluding hydrogens is 451 g/mol. The predicted molar refractivity (Wildman–Crippen MR) is 118 cm³/mol. The van der Waals surface area contributed by atoms with Gasteiger partial charge in [0.05, 0.1) is 13.0 Å². The minimum Gasteiger partial charge on any atom is -0.459 e. The normalized spacial score (nSPS) is 20.1. The van der Waals surface area contributed by atoms with Crippen molar-refractivity contribution in [2.24, 2.45) is 0 Å². The summed E-state index contributed by atoms with van der Waals surface area (Å²) in [5.74, 6) is -3.00. The fraction of sp³-hybridized carbons (Fsp3) is 0.333. The molecule has 2 aromatic carbocycles. The quantitative estimate of drug-likeness (QED) is 0.387. The zero-order chi connectivity index (χ0) is 24.1. The van der Waals surface area contributed by atoms with Crippen LogP contribution in [-0.4, -0.2) is 40.7 Å². The summed E-state index contributed by atoms with van der Waals surface area (Å²) in [7, 11) is 0. The van der Waals surface area contributed by atoms with Gasteiger partial charge in [-0.2, -0.15) is 0 Å². The number of amides is 3. The summed E-state index contributed by atoms with van der Waals surface area (Å²) in [4.78, 5) is 54.8. The Bertz CT molecular complexity index is 1170. The molecule has 1 atom stereocenters. The Balaban J connectivity index is 1.71. The molecule has 2 aromatic rings. The van der Waals surface area contributed by atoms with E-state index in [0.29, 0.717) is 11.3 Å². The maximum Gasteiger partial charge on any atom is 0.326 e. The third-order valence-corrected chi connectivity index (χ3v) is 5.84. The van der Waals surface area contributed by atoms with Crippen LogP contribution < -0.4 is 4.90 Å². The number of carbonyl (C=O) groups excluding carboxylic acids is 4. The number of imide groups is 1. The lowest BCUT2D eigenvalue weighted by Crippen LogP contribution is -2.48. The van der Waals surface area contributed by atoms with E-state index in [9.17, 15) is 23.6 Å². The fourth-order valence-corrected chi connectivity index (χ4v) is 4.42. The summed E-state index contributed by atoms with van der Waals surface area (Å²) in [6, 6.07) is 9.98. The molecule has 7 nitrogen and oxygen atoms in total. The second-order valence-corrected chi connectivity index (χ2v) is 9.57. The topological polar surface area (TPSA) is 84.0 Å². The molecule has 9 heteroatoms. The van der Waals surface area contributed by atoms with Crippen molar-refractivity contribution in [1.82, 2.24) is 4.90 Å². The average molecular weight is 473 g/mol. The standard InChI is InChI=1S/C24H22ClFN2O5/c1-23(2,3)33-20(30)13-27-18-9-6-15(25)10-17(18)24(21(27)31)11-19(29)28(22(24)32)12-14-4-7-16(26)8-5-14/h4-10H,11-13H2,1-3H3. The highest BCUT2D eigenvalue weighted by atomic mass is 35.5. The number of hydrogen-bond donors (Lipinski definition) is 0. The van der Waals surface area contributed by atoms with Crippen LogP contribution in [0.15, 0.2) is 42.5 Å². The van der Waals surface area contributed by atoms with Crippen molar-refractivity contribution in [3.8, 4) is 0 Å². The number of anilines is 1.